The van der Waals surface area contributed by atoms with Crippen LogP contribution in [0, 0.1) is 0 Å². The quantitative estimate of drug-likeness (QED) is 0.494. The summed E-state index contributed by atoms with van der Waals surface area (Å²) in [5.41, 5.74) is 2.27. The molecule has 0 bridgehead atoms. The Balaban J connectivity index is 1.42. The van der Waals surface area contributed by atoms with E-state index < -0.39 is 0 Å². The lowest BCUT2D eigenvalue weighted by atomic mass is 10.2. The van der Waals surface area contributed by atoms with Gasteiger partial charge in [-0.25, -0.2) is 9.97 Å². The van der Waals surface area contributed by atoms with Crippen LogP contribution < -0.4 is 10.2 Å². The van der Waals surface area contributed by atoms with Crippen molar-refractivity contribution in [3.05, 3.63) is 78.6 Å². The van der Waals surface area contributed by atoms with Gasteiger partial charge in [0.1, 0.15) is 17.0 Å². The molecule has 5 nitrogen and oxygen atoms in total. The second-order valence-electron chi connectivity index (χ2n) is 6.83. The molecule has 0 saturated carbocycles. The first-order valence-electron chi connectivity index (χ1n) is 9.52. The van der Waals surface area contributed by atoms with E-state index in [0.717, 1.165) is 26.5 Å². The number of anilines is 1. The zero-order chi connectivity index (χ0) is 20.1. The van der Waals surface area contributed by atoms with Gasteiger partial charge in [-0.15, -0.1) is 11.3 Å². The molecule has 6 heteroatoms. The number of thiophene rings is 1. The zero-order valence-electron chi connectivity index (χ0n) is 16.2. The third-order valence-corrected chi connectivity index (χ3v) is 5.83. The summed E-state index contributed by atoms with van der Waals surface area (Å²) in [4.78, 5) is 25.3. The molecule has 0 atom stereocenters. The largest absolute Gasteiger partial charge is 0.359 e. The van der Waals surface area contributed by atoms with E-state index in [1.54, 1.807) is 17.7 Å². The van der Waals surface area contributed by atoms with E-state index in [2.05, 4.69) is 33.5 Å². The van der Waals surface area contributed by atoms with Crippen LogP contribution in [0.5, 0.6) is 0 Å². The average Bonchev–Trinajstić information content (AvgIpc) is 3.22. The van der Waals surface area contributed by atoms with E-state index in [1.165, 1.54) is 5.56 Å². The number of rotatable bonds is 7. The number of hydrogen-bond acceptors (Lipinski definition) is 5. The maximum Gasteiger partial charge on any atom is 0.222 e. The summed E-state index contributed by atoms with van der Waals surface area (Å²) < 4.78 is 0. The molecule has 146 valence electrons. The smallest absolute Gasteiger partial charge is 0.222 e. The number of hydrogen-bond donors (Lipinski definition) is 1. The summed E-state index contributed by atoms with van der Waals surface area (Å²) in [5.74, 6) is 0.880. The second kappa shape index (κ2) is 8.84. The fourth-order valence-electron chi connectivity index (χ4n) is 3.15. The van der Waals surface area contributed by atoms with Crippen LogP contribution in [0.4, 0.5) is 5.82 Å². The molecule has 0 spiro atoms. The molecule has 4 rings (SSSR count). The van der Waals surface area contributed by atoms with E-state index in [-0.39, 0.29) is 5.91 Å². The molecule has 0 unspecified atom stereocenters. The zero-order valence-corrected chi connectivity index (χ0v) is 17.0. The van der Waals surface area contributed by atoms with E-state index in [9.17, 15) is 4.79 Å². The standard InChI is InChI=1S/C23H22N4OS/c1-27(13-12-21(28)24-15-17-8-4-2-5-9-17)22-19-14-20(18-10-6-3-7-11-18)29-23(19)26-16-25-22/h2-11,14,16H,12-13,15H2,1H3,(H,24,28). The predicted octanol–water partition coefficient (Wildman–Crippen LogP) is 4.50. The molecular weight excluding hydrogens is 380 g/mol. The Bertz CT molecular complexity index is 1100. The maximum absolute atomic E-state index is 12.2. The summed E-state index contributed by atoms with van der Waals surface area (Å²) in [6.07, 6.45) is 2.00. The van der Waals surface area contributed by atoms with Crippen molar-refractivity contribution in [1.29, 1.82) is 0 Å². The number of aromatic nitrogens is 2. The second-order valence-corrected chi connectivity index (χ2v) is 7.86. The third kappa shape index (κ3) is 4.60. The SMILES string of the molecule is CN(CCC(=O)NCc1ccccc1)c1ncnc2sc(-c3ccccc3)cc12. The van der Waals surface area contributed by atoms with Crippen LogP contribution in [-0.4, -0.2) is 29.5 Å². The molecule has 2 heterocycles. The highest BCUT2D eigenvalue weighted by molar-refractivity contribution is 7.21. The van der Waals surface area contributed by atoms with Gasteiger partial charge in [-0.05, 0) is 17.2 Å². The lowest BCUT2D eigenvalue weighted by Crippen LogP contribution is -2.28. The monoisotopic (exact) mass is 402 g/mol. The van der Waals surface area contributed by atoms with Crippen molar-refractivity contribution in [2.75, 3.05) is 18.5 Å². The van der Waals surface area contributed by atoms with E-state index in [1.807, 2.05) is 60.5 Å². The Morgan fingerprint density at radius 3 is 2.52 bits per heavy atom. The fourth-order valence-corrected chi connectivity index (χ4v) is 4.15. The van der Waals surface area contributed by atoms with Crippen molar-refractivity contribution >= 4 is 33.3 Å². The minimum atomic E-state index is 0.0290. The number of fused-ring (bicyclic) bond motifs is 1. The molecule has 2 aromatic heterocycles. The van der Waals surface area contributed by atoms with Crippen LogP contribution in [-0.2, 0) is 11.3 Å². The summed E-state index contributed by atoms with van der Waals surface area (Å²) >= 11 is 1.66. The first-order chi connectivity index (χ1) is 14.2. The lowest BCUT2D eigenvalue weighted by Gasteiger charge is -2.18. The lowest BCUT2D eigenvalue weighted by molar-refractivity contribution is -0.121. The number of carbonyl (C=O) groups excluding carboxylic acids is 1. The van der Waals surface area contributed by atoms with Gasteiger partial charge in [0.05, 0.1) is 5.39 Å². The van der Waals surface area contributed by atoms with Crippen molar-refractivity contribution in [2.45, 2.75) is 13.0 Å². The van der Waals surface area contributed by atoms with Crippen molar-refractivity contribution in [1.82, 2.24) is 15.3 Å². The first kappa shape index (κ1) is 19.1. The van der Waals surface area contributed by atoms with Crippen molar-refractivity contribution < 1.29 is 4.79 Å². The van der Waals surface area contributed by atoms with E-state index in [4.69, 9.17) is 0 Å². The van der Waals surface area contributed by atoms with Crippen LogP contribution in [0.3, 0.4) is 0 Å². The first-order valence-corrected chi connectivity index (χ1v) is 10.3. The highest BCUT2D eigenvalue weighted by atomic mass is 32.1. The highest BCUT2D eigenvalue weighted by Crippen LogP contribution is 2.35. The van der Waals surface area contributed by atoms with Crippen LogP contribution in [0.2, 0.25) is 0 Å². The molecule has 0 radical (unpaired) electrons. The van der Waals surface area contributed by atoms with Gasteiger partial charge in [-0.2, -0.15) is 0 Å². The highest BCUT2D eigenvalue weighted by Gasteiger charge is 2.14. The molecule has 0 aliphatic rings. The topological polar surface area (TPSA) is 58.1 Å². The van der Waals surface area contributed by atoms with Crippen molar-refractivity contribution in [3.8, 4) is 10.4 Å². The molecule has 29 heavy (non-hydrogen) atoms. The van der Waals surface area contributed by atoms with Crippen molar-refractivity contribution in [2.24, 2.45) is 0 Å². The van der Waals surface area contributed by atoms with Gasteiger partial charge in [0.2, 0.25) is 5.91 Å². The minimum Gasteiger partial charge on any atom is -0.359 e. The summed E-state index contributed by atoms with van der Waals surface area (Å²) in [5, 5.41) is 3.99. The molecule has 4 aromatic rings. The van der Waals surface area contributed by atoms with E-state index in [0.29, 0.717) is 19.5 Å². The third-order valence-electron chi connectivity index (χ3n) is 4.74. The maximum atomic E-state index is 12.2. The molecule has 2 aromatic carbocycles. The average molecular weight is 403 g/mol. The van der Waals surface area contributed by atoms with Crippen LogP contribution in [0.1, 0.15) is 12.0 Å². The minimum absolute atomic E-state index is 0.0290. The summed E-state index contributed by atoms with van der Waals surface area (Å²) in [7, 11) is 1.96. The molecule has 0 aliphatic heterocycles. The Kier molecular flexibility index (Phi) is 5.81. The van der Waals surface area contributed by atoms with Gasteiger partial charge >= 0.3 is 0 Å². The van der Waals surface area contributed by atoms with Gasteiger partial charge in [-0.1, -0.05) is 60.7 Å². The summed E-state index contributed by atoms with van der Waals surface area (Å²) in [6.45, 7) is 1.13. The normalized spacial score (nSPS) is 10.8. The number of nitrogens with zero attached hydrogens (tertiary/aromatic N) is 3. The van der Waals surface area contributed by atoms with E-state index >= 15 is 0 Å². The molecular formula is C23H22N4OS. The fraction of sp³-hybridized carbons (Fsp3) is 0.174. The van der Waals surface area contributed by atoms with Gasteiger partial charge in [0, 0.05) is 31.4 Å². The number of amides is 1. The Labute approximate surface area is 174 Å². The number of carbonyl (C=O) groups is 1. The van der Waals surface area contributed by atoms with Gasteiger partial charge in [-0.3, -0.25) is 4.79 Å². The number of benzene rings is 2. The molecule has 1 N–H and O–H groups in total. The van der Waals surface area contributed by atoms with Gasteiger partial charge in [0.25, 0.3) is 0 Å². The Morgan fingerprint density at radius 1 is 1.03 bits per heavy atom. The molecule has 0 saturated heterocycles. The Hall–Kier alpha value is -3.25. The van der Waals surface area contributed by atoms with Gasteiger partial charge in [0.15, 0.2) is 0 Å². The molecule has 1 amide bonds. The van der Waals surface area contributed by atoms with Crippen LogP contribution >= 0.6 is 11.3 Å². The van der Waals surface area contributed by atoms with Gasteiger partial charge < -0.3 is 10.2 Å². The predicted molar refractivity (Wildman–Crippen MR) is 119 cm³/mol. The summed E-state index contributed by atoms with van der Waals surface area (Å²) in [6, 6.07) is 22.3. The Morgan fingerprint density at radius 2 is 1.76 bits per heavy atom. The molecule has 0 fully saturated rings. The van der Waals surface area contributed by atoms with Crippen LogP contribution in [0.15, 0.2) is 73.1 Å². The van der Waals surface area contributed by atoms with Crippen molar-refractivity contribution in [3.63, 3.8) is 0 Å². The van der Waals surface area contributed by atoms with Crippen LogP contribution in [0.25, 0.3) is 20.7 Å². The molecule has 0 aliphatic carbocycles. The number of nitrogens with one attached hydrogen (secondary N) is 1.